The quantitative estimate of drug-likeness (QED) is 0.452. The number of nitrogens with one attached hydrogen (secondary N) is 2. The van der Waals surface area contributed by atoms with Crippen molar-refractivity contribution in [1.82, 2.24) is 15.1 Å². The summed E-state index contributed by atoms with van der Waals surface area (Å²) in [5, 5.41) is 18.7. The lowest BCUT2D eigenvalue weighted by Crippen LogP contribution is -2.36. The molecule has 0 saturated carbocycles. The van der Waals surface area contributed by atoms with Crippen LogP contribution in [-0.4, -0.2) is 45.5 Å². The molecule has 0 bridgehead atoms. The van der Waals surface area contributed by atoms with Crippen molar-refractivity contribution in [2.45, 2.75) is 44.7 Å². The smallest absolute Gasteiger partial charge is 0.407 e. The number of aromatic nitrogens is 2. The van der Waals surface area contributed by atoms with Crippen LogP contribution in [0.2, 0.25) is 0 Å². The number of rotatable bonds is 8. The number of carbonyl (C=O) groups is 3. The fraction of sp³-hybridized carbons (Fsp3) is 0.308. The Bertz CT molecular complexity index is 1220. The molecule has 0 saturated heterocycles. The molecule has 1 aliphatic carbocycles. The lowest BCUT2D eigenvalue weighted by atomic mass is 9.98. The van der Waals surface area contributed by atoms with Crippen LogP contribution in [0.15, 0.2) is 60.9 Å². The normalized spacial score (nSPS) is 13.5. The van der Waals surface area contributed by atoms with Gasteiger partial charge in [-0.1, -0.05) is 48.5 Å². The van der Waals surface area contributed by atoms with Gasteiger partial charge in [0.1, 0.15) is 6.61 Å². The second-order valence-corrected chi connectivity index (χ2v) is 9.16. The molecule has 0 unspecified atom stereocenters. The van der Waals surface area contributed by atoms with E-state index in [0.29, 0.717) is 5.69 Å². The summed E-state index contributed by atoms with van der Waals surface area (Å²) in [5.41, 5.74) is 3.68. The number of aliphatic carboxylic acids is 1. The maximum Gasteiger partial charge on any atom is 0.407 e. The van der Waals surface area contributed by atoms with E-state index in [2.05, 4.69) is 27.9 Å². The number of benzene rings is 2. The third-order valence-corrected chi connectivity index (χ3v) is 6.16. The van der Waals surface area contributed by atoms with E-state index in [0.717, 1.165) is 22.3 Å². The second-order valence-electron chi connectivity index (χ2n) is 9.16. The minimum atomic E-state index is -1.25. The van der Waals surface area contributed by atoms with E-state index in [9.17, 15) is 19.5 Å². The molecule has 0 spiro atoms. The van der Waals surface area contributed by atoms with Gasteiger partial charge in [0.25, 0.3) is 0 Å². The summed E-state index contributed by atoms with van der Waals surface area (Å²) in [6.45, 7) is 4.91. The molecule has 4 rings (SSSR count). The fourth-order valence-corrected chi connectivity index (χ4v) is 4.17. The van der Waals surface area contributed by atoms with Gasteiger partial charge in [-0.05, 0) is 43.0 Å². The number of hydrogen-bond donors (Lipinski definition) is 3. The Morgan fingerprint density at radius 1 is 1.09 bits per heavy atom. The fourth-order valence-electron chi connectivity index (χ4n) is 4.17. The molecule has 9 heteroatoms. The van der Waals surface area contributed by atoms with Crippen LogP contribution in [-0.2, 0) is 19.9 Å². The molecular formula is C26H28N4O5. The lowest BCUT2D eigenvalue weighted by Gasteiger charge is -2.19. The molecular weight excluding hydrogens is 448 g/mol. The predicted octanol–water partition coefficient (Wildman–Crippen LogP) is 3.96. The van der Waals surface area contributed by atoms with Gasteiger partial charge in [-0.3, -0.25) is 9.48 Å². The zero-order valence-electron chi connectivity index (χ0n) is 19.8. The third kappa shape index (κ3) is 5.03. The molecule has 2 aromatic carbocycles. The SMILES string of the molecule is C[C@H](CC(=O)Nc1cnn(C(C)(C)C(=O)O)c1)NC(=O)OCC1c2ccccc2-c2ccccc21. The highest BCUT2D eigenvalue weighted by molar-refractivity contribution is 5.91. The summed E-state index contributed by atoms with van der Waals surface area (Å²) in [4.78, 5) is 36.2. The van der Waals surface area contributed by atoms with Gasteiger partial charge >= 0.3 is 12.1 Å². The van der Waals surface area contributed by atoms with Crippen molar-refractivity contribution < 1.29 is 24.2 Å². The standard InChI is InChI=1S/C26H28N4O5/c1-16(12-23(31)29-17-13-27-30(14-17)26(2,3)24(32)33)28-25(34)35-15-22-20-10-6-4-8-18(20)19-9-5-7-11-21(19)22/h4-11,13-14,16,22H,12,15H2,1-3H3,(H,28,34)(H,29,31)(H,32,33)/t16-/m1/s1. The van der Waals surface area contributed by atoms with Crippen molar-refractivity contribution in [3.05, 3.63) is 72.1 Å². The topological polar surface area (TPSA) is 123 Å². The summed E-state index contributed by atoms with van der Waals surface area (Å²) in [5.74, 6) is -1.43. The number of ether oxygens (including phenoxy) is 1. The molecule has 35 heavy (non-hydrogen) atoms. The Kier molecular flexibility index (Phi) is 6.59. The average Bonchev–Trinajstić information content (AvgIpc) is 3.40. The number of fused-ring (bicyclic) bond motifs is 3. The minimum Gasteiger partial charge on any atom is -0.479 e. The van der Waals surface area contributed by atoms with E-state index in [1.165, 1.54) is 30.9 Å². The highest BCUT2D eigenvalue weighted by Crippen LogP contribution is 2.44. The maximum atomic E-state index is 12.4. The van der Waals surface area contributed by atoms with Crippen LogP contribution >= 0.6 is 0 Å². The average molecular weight is 477 g/mol. The van der Waals surface area contributed by atoms with Gasteiger partial charge in [0, 0.05) is 24.6 Å². The van der Waals surface area contributed by atoms with E-state index in [1.54, 1.807) is 6.92 Å². The van der Waals surface area contributed by atoms with Gasteiger partial charge in [-0.2, -0.15) is 5.10 Å². The van der Waals surface area contributed by atoms with Crippen LogP contribution in [0.1, 0.15) is 44.2 Å². The van der Waals surface area contributed by atoms with Crippen LogP contribution in [0.3, 0.4) is 0 Å². The van der Waals surface area contributed by atoms with E-state index in [4.69, 9.17) is 4.74 Å². The molecule has 1 aliphatic rings. The van der Waals surface area contributed by atoms with E-state index >= 15 is 0 Å². The number of nitrogens with zero attached hydrogens (tertiary/aromatic N) is 2. The number of carboxylic acid groups (broad SMARTS) is 1. The first-order valence-corrected chi connectivity index (χ1v) is 11.4. The van der Waals surface area contributed by atoms with E-state index in [1.807, 2.05) is 36.4 Å². The largest absolute Gasteiger partial charge is 0.479 e. The van der Waals surface area contributed by atoms with Crippen molar-refractivity contribution in [3.63, 3.8) is 0 Å². The van der Waals surface area contributed by atoms with Crippen molar-refractivity contribution in [2.75, 3.05) is 11.9 Å². The molecule has 1 aromatic heterocycles. The zero-order valence-corrected chi connectivity index (χ0v) is 19.8. The van der Waals surface area contributed by atoms with Crippen LogP contribution in [0.25, 0.3) is 11.1 Å². The Labute approximate surface area is 203 Å². The number of anilines is 1. The molecule has 1 atom stereocenters. The Hall–Kier alpha value is -4.14. The third-order valence-electron chi connectivity index (χ3n) is 6.16. The maximum absolute atomic E-state index is 12.4. The molecule has 182 valence electrons. The van der Waals surface area contributed by atoms with Crippen molar-refractivity contribution in [2.24, 2.45) is 0 Å². The van der Waals surface area contributed by atoms with Crippen LogP contribution in [0.4, 0.5) is 10.5 Å². The molecule has 0 radical (unpaired) electrons. The van der Waals surface area contributed by atoms with Crippen LogP contribution in [0, 0.1) is 0 Å². The van der Waals surface area contributed by atoms with Crippen molar-refractivity contribution >= 4 is 23.7 Å². The molecule has 0 fully saturated rings. The van der Waals surface area contributed by atoms with Gasteiger partial charge in [-0.25, -0.2) is 9.59 Å². The van der Waals surface area contributed by atoms with Crippen molar-refractivity contribution in [1.29, 1.82) is 0 Å². The minimum absolute atomic E-state index is 0.0116. The Morgan fingerprint density at radius 2 is 1.69 bits per heavy atom. The van der Waals surface area contributed by atoms with E-state index in [-0.39, 0.29) is 24.9 Å². The van der Waals surface area contributed by atoms with Gasteiger partial charge in [0.05, 0.1) is 11.9 Å². The Morgan fingerprint density at radius 3 is 2.29 bits per heavy atom. The number of carbonyl (C=O) groups excluding carboxylic acids is 2. The summed E-state index contributed by atoms with van der Waals surface area (Å²) in [6.07, 6.45) is 2.25. The highest BCUT2D eigenvalue weighted by atomic mass is 16.5. The second kappa shape index (κ2) is 9.61. The summed E-state index contributed by atoms with van der Waals surface area (Å²) in [6, 6.07) is 15.7. The lowest BCUT2D eigenvalue weighted by molar-refractivity contribution is -0.146. The summed E-state index contributed by atoms with van der Waals surface area (Å²) in [7, 11) is 0. The first-order chi connectivity index (χ1) is 16.7. The van der Waals surface area contributed by atoms with Crippen LogP contribution in [0.5, 0.6) is 0 Å². The van der Waals surface area contributed by atoms with Gasteiger partial charge in [0.15, 0.2) is 5.54 Å². The first-order valence-electron chi connectivity index (χ1n) is 11.4. The number of carboxylic acids is 1. The molecule has 1 heterocycles. The molecule has 9 nitrogen and oxygen atoms in total. The van der Waals surface area contributed by atoms with Crippen molar-refractivity contribution in [3.8, 4) is 11.1 Å². The van der Waals surface area contributed by atoms with Gasteiger partial charge < -0.3 is 20.5 Å². The molecule has 3 N–H and O–H groups in total. The molecule has 0 aliphatic heterocycles. The molecule has 3 aromatic rings. The first kappa shape index (κ1) is 24.0. The predicted molar refractivity (Wildman–Crippen MR) is 130 cm³/mol. The number of hydrogen-bond acceptors (Lipinski definition) is 5. The van der Waals surface area contributed by atoms with Gasteiger partial charge in [-0.15, -0.1) is 0 Å². The van der Waals surface area contributed by atoms with Gasteiger partial charge in [0.2, 0.25) is 5.91 Å². The summed E-state index contributed by atoms with van der Waals surface area (Å²) >= 11 is 0. The number of amides is 2. The highest BCUT2D eigenvalue weighted by Gasteiger charge is 2.31. The van der Waals surface area contributed by atoms with Crippen LogP contribution < -0.4 is 10.6 Å². The number of alkyl carbamates (subject to hydrolysis) is 1. The van der Waals surface area contributed by atoms with E-state index < -0.39 is 23.6 Å². The summed E-state index contributed by atoms with van der Waals surface area (Å²) < 4.78 is 6.79. The Balaban J connectivity index is 1.28. The molecule has 2 amide bonds. The zero-order chi connectivity index (χ0) is 25.2. The monoisotopic (exact) mass is 476 g/mol.